The Morgan fingerprint density at radius 3 is 2.04 bits per heavy atom. The Bertz CT molecular complexity index is 768. The molecular weight excluding hydrogens is 332 g/mol. The van der Waals surface area contributed by atoms with E-state index in [1.165, 1.54) is 11.1 Å². The van der Waals surface area contributed by atoms with Gasteiger partial charge in [-0.05, 0) is 49.6 Å². The average molecular weight is 355 g/mol. The van der Waals surface area contributed by atoms with Crippen molar-refractivity contribution in [1.82, 2.24) is 4.90 Å². The van der Waals surface area contributed by atoms with Crippen LogP contribution in [0.3, 0.4) is 0 Å². The van der Waals surface area contributed by atoms with Crippen molar-refractivity contribution in [2.45, 2.75) is 19.3 Å². The number of carbonyl (C=O) groups is 1. The summed E-state index contributed by atoms with van der Waals surface area (Å²) in [6.45, 7) is 1.74. The molecule has 1 amide bonds. The average Bonchev–Trinajstić information content (AvgIpc) is 2.78. The molecule has 0 aliphatic carbocycles. The maximum absolute atomic E-state index is 13.4. The molecule has 2 aliphatic rings. The lowest BCUT2D eigenvalue weighted by Gasteiger charge is -2.29. The molecular formula is C21H23ClN2O. The summed E-state index contributed by atoms with van der Waals surface area (Å²) in [5.74, 6) is 0.114. The van der Waals surface area contributed by atoms with Crippen LogP contribution in [0.25, 0.3) is 0 Å². The normalized spacial score (nSPS) is 16.8. The van der Waals surface area contributed by atoms with Crippen molar-refractivity contribution in [3.8, 4) is 0 Å². The molecule has 3 nitrogen and oxygen atoms in total. The number of benzene rings is 2. The Balaban J connectivity index is 0.00000182. The highest BCUT2D eigenvalue weighted by Crippen LogP contribution is 2.37. The van der Waals surface area contributed by atoms with Gasteiger partial charge in [0, 0.05) is 18.7 Å². The Labute approximate surface area is 155 Å². The van der Waals surface area contributed by atoms with Gasteiger partial charge in [-0.1, -0.05) is 42.5 Å². The highest BCUT2D eigenvalue weighted by molar-refractivity contribution is 6.11. The van der Waals surface area contributed by atoms with Crippen LogP contribution in [-0.2, 0) is 17.6 Å². The number of hydrogen-bond acceptors (Lipinski definition) is 2. The molecule has 4 rings (SSSR count). The van der Waals surface area contributed by atoms with Crippen LogP contribution in [0.5, 0.6) is 0 Å². The molecule has 0 saturated heterocycles. The van der Waals surface area contributed by atoms with Crippen LogP contribution in [0.4, 0.5) is 11.4 Å². The monoisotopic (exact) mass is 354 g/mol. The topological polar surface area (TPSA) is 23.6 Å². The molecule has 0 fully saturated rings. The number of likely N-dealkylation sites (N-methyl/N-ethyl adjacent to an activating group) is 1. The van der Waals surface area contributed by atoms with Crippen molar-refractivity contribution in [3.63, 3.8) is 0 Å². The van der Waals surface area contributed by atoms with E-state index >= 15 is 0 Å². The van der Waals surface area contributed by atoms with Gasteiger partial charge in [0.1, 0.15) is 0 Å². The summed E-state index contributed by atoms with van der Waals surface area (Å²) in [5.41, 5.74) is 5.44. The third-order valence-electron chi connectivity index (χ3n) is 4.95. The number of aryl methyl sites for hydroxylation is 2. The van der Waals surface area contributed by atoms with Gasteiger partial charge in [-0.3, -0.25) is 9.69 Å². The molecule has 0 radical (unpaired) electrons. The predicted molar refractivity (Wildman–Crippen MR) is 105 cm³/mol. The summed E-state index contributed by atoms with van der Waals surface area (Å²) >= 11 is 0. The minimum absolute atomic E-state index is 0. The zero-order chi connectivity index (χ0) is 16.5. The number of fused-ring (bicyclic) bond motifs is 2. The van der Waals surface area contributed by atoms with E-state index in [4.69, 9.17) is 0 Å². The lowest BCUT2D eigenvalue weighted by Crippen LogP contribution is -2.35. The molecule has 25 heavy (non-hydrogen) atoms. The first-order chi connectivity index (χ1) is 11.7. The molecule has 2 aromatic rings. The first kappa shape index (κ1) is 17.7. The van der Waals surface area contributed by atoms with Crippen molar-refractivity contribution >= 4 is 29.7 Å². The lowest BCUT2D eigenvalue weighted by molar-refractivity contribution is -0.114. The largest absolute Gasteiger partial charge is 0.302 e. The van der Waals surface area contributed by atoms with Crippen LogP contribution >= 0.6 is 12.4 Å². The number of anilines is 2. The van der Waals surface area contributed by atoms with Crippen LogP contribution in [0, 0.1) is 0 Å². The number of nitrogens with zero attached hydrogens (tertiary/aromatic N) is 2. The summed E-state index contributed by atoms with van der Waals surface area (Å²) in [5, 5.41) is 0. The summed E-state index contributed by atoms with van der Waals surface area (Å²) in [6.07, 6.45) is 4.99. The zero-order valence-corrected chi connectivity index (χ0v) is 15.3. The molecule has 0 bridgehead atoms. The van der Waals surface area contributed by atoms with E-state index in [1.807, 2.05) is 17.0 Å². The number of hydrogen-bond donors (Lipinski definition) is 0. The summed E-state index contributed by atoms with van der Waals surface area (Å²) in [6, 6.07) is 16.6. The molecule has 2 aliphatic heterocycles. The van der Waals surface area contributed by atoms with E-state index in [0.29, 0.717) is 0 Å². The summed E-state index contributed by atoms with van der Waals surface area (Å²) in [4.78, 5) is 17.6. The van der Waals surface area contributed by atoms with Crippen LogP contribution < -0.4 is 4.90 Å². The maximum atomic E-state index is 13.4. The minimum Gasteiger partial charge on any atom is -0.302 e. The fraction of sp³-hybridized carbons (Fsp3) is 0.286. The molecule has 0 atom stereocenters. The van der Waals surface area contributed by atoms with Crippen LogP contribution in [0.15, 0.2) is 60.2 Å². The predicted octanol–water partition coefficient (Wildman–Crippen LogP) is 4.13. The van der Waals surface area contributed by atoms with E-state index < -0.39 is 0 Å². The molecule has 2 heterocycles. The first-order valence-corrected chi connectivity index (χ1v) is 8.62. The highest BCUT2D eigenvalue weighted by atomic mass is 35.5. The lowest BCUT2D eigenvalue weighted by atomic mass is 10.0. The van der Waals surface area contributed by atoms with E-state index in [0.717, 1.165) is 49.3 Å². The second-order valence-corrected chi connectivity index (χ2v) is 6.65. The number of carbonyl (C=O) groups excluding carboxylic acids is 1. The van der Waals surface area contributed by atoms with Crippen molar-refractivity contribution in [1.29, 1.82) is 0 Å². The van der Waals surface area contributed by atoms with Crippen molar-refractivity contribution in [2.75, 3.05) is 25.0 Å². The quantitative estimate of drug-likeness (QED) is 0.768. The SMILES string of the molecule is CN1CCC=C(C(=O)N2c3ccccc3CCc3ccccc32)C1.Cl. The third-order valence-corrected chi connectivity index (χ3v) is 4.95. The van der Waals surface area contributed by atoms with Crippen LogP contribution in [0.2, 0.25) is 0 Å². The first-order valence-electron chi connectivity index (χ1n) is 8.62. The van der Waals surface area contributed by atoms with Crippen molar-refractivity contribution in [2.24, 2.45) is 0 Å². The minimum atomic E-state index is 0. The van der Waals surface area contributed by atoms with Gasteiger partial charge in [0.15, 0.2) is 0 Å². The number of amides is 1. The fourth-order valence-electron chi connectivity index (χ4n) is 3.69. The van der Waals surface area contributed by atoms with Crippen LogP contribution in [-0.4, -0.2) is 30.9 Å². The number of halogens is 1. The molecule has 0 N–H and O–H groups in total. The fourth-order valence-corrected chi connectivity index (χ4v) is 3.69. The van der Waals surface area contributed by atoms with Gasteiger partial charge in [-0.25, -0.2) is 0 Å². The smallest absolute Gasteiger partial charge is 0.259 e. The summed E-state index contributed by atoms with van der Waals surface area (Å²) in [7, 11) is 2.07. The highest BCUT2D eigenvalue weighted by Gasteiger charge is 2.28. The van der Waals surface area contributed by atoms with Gasteiger partial charge < -0.3 is 4.90 Å². The molecule has 0 saturated carbocycles. The van der Waals surface area contributed by atoms with Crippen molar-refractivity contribution in [3.05, 3.63) is 71.3 Å². The van der Waals surface area contributed by atoms with Gasteiger partial charge >= 0.3 is 0 Å². The maximum Gasteiger partial charge on any atom is 0.259 e. The standard InChI is InChI=1S/C21H22N2O.ClH/c1-22-14-6-9-18(15-22)21(24)23-19-10-4-2-7-16(19)12-13-17-8-3-5-11-20(17)23;/h2-5,7-11H,6,12-15H2,1H3;1H. The van der Waals surface area contributed by atoms with E-state index in [-0.39, 0.29) is 18.3 Å². The van der Waals surface area contributed by atoms with Gasteiger partial charge in [-0.2, -0.15) is 0 Å². The Morgan fingerprint density at radius 1 is 0.920 bits per heavy atom. The molecule has 4 heteroatoms. The van der Waals surface area contributed by atoms with Gasteiger partial charge in [0.2, 0.25) is 0 Å². The van der Waals surface area contributed by atoms with E-state index in [1.54, 1.807) is 0 Å². The van der Waals surface area contributed by atoms with E-state index in [9.17, 15) is 4.79 Å². The number of para-hydroxylation sites is 2. The van der Waals surface area contributed by atoms with Crippen LogP contribution in [0.1, 0.15) is 17.5 Å². The Kier molecular flexibility index (Phi) is 5.26. The summed E-state index contributed by atoms with van der Waals surface area (Å²) < 4.78 is 0. The Hall–Kier alpha value is -2.10. The third kappa shape index (κ3) is 3.35. The van der Waals surface area contributed by atoms with Gasteiger partial charge in [0.05, 0.1) is 11.4 Å². The zero-order valence-electron chi connectivity index (χ0n) is 14.4. The molecule has 0 unspecified atom stereocenters. The molecule has 130 valence electrons. The second kappa shape index (κ2) is 7.42. The second-order valence-electron chi connectivity index (χ2n) is 6.65. The Morgan fingerprint density at radius 2 is 1.48 bits per heavy atom. The molecule has 0 spiro atoms. The van der Waals surface area contributed by atoms with Gasteiger partial charge in [-0.15, -0.1) is 12.4 Å². The van der Waals surface area contributed by atoms with Gasteiger partial charge in [0.25, 0.3) is 5.91 Å². The molecule has 0 aromatic heterocycles. The molecule has 2 aromatic carbocycles. The van der Waals surface area contributed by atoms with Crippen molar-refractivity contribution < 1.29 is 4.79 Å². The van der Waals surface area contributed by atoms with E-state index in [2.05, 4.69) is 54.4 Å². The number of rotatable bonds is 1.